The maximum Gasteiger partial charge on any atom is 0.416 e. The van der Waals surface area contributed by atoms with Gasteiger partial charge >= 0.3 is 12.1 Å². The van der Waals surface area contributed by atoms with E-state index < -0.39 is 23.8 Å². The monoisotopic (exact) mass is 706 g/mol. The molecule has 0 spiro atoms. The first-order chi connectivity index (χ1) is 24.1. The molecule has 6 rings (SSSR count). The Kier molecular flexibility index (Phi) is 11.2. The Balaban J connectivity index is 0.955. The van der Waals surface area contributed by atoms with Crippen LogP contribution < -0.4 is 15.0 Å². The van der Waals surface area contributed by atoms with Gasteiger partial charge in [-0.2, -0.15) is 13.2 Å². The van der Waals surface area contributed by atoms with Crippen molar-refractivity contribution in [2.75, 3.05) is 57.3 Å². The third-order valence-corrected chi connectivity index (χ3v) is 10.2. The van der Waals surface area contributed by atoms with E-state index in [-0.39, 0.29) is 19.1 Å². The number of fused-ring (bicyclic) bond motifs is 3. The van der Waals surface area contributed by atoms with E-state index in [1.807, 2.05) is 65.6 Å². The summed E-state index contributed by atoms with van der Waals surface area (Å²) >= 11 is 1.50. The Morgan fingerprint density at radius 1 is 0.860 bits per heavy atom. The second-order valence-electron chi connectivity index (χ2n) is 12.5. The van der Waals surface area contributed by atoms with Crippen molar-refractivity contribution in [2.24, 2.45) is 0 Å². The standard InChI is InChI=1S/C38H41F3N4O4S/c1-26(49-34-14-12-28-8-3-4-9-30(28)31(34)25-42-27(2)46)37(47)48-23-22-44-20-18-43(19-21-44)16-7-17-45-32-10-5-6-11-35(32)50-36-15-13-29(24-33(36)45)38(39,40)41/h3-6,8-15,24,26H,7,16-23,25H2,1-2H3,(H,42,46). The van der Waals surface area contributed by atoms with E-state index in [9.17, 15) is 22.8 Å². The Labute approximate surface area is 294 Å². The maximum atomic E-state index is 13.6. The van der Waals surface area contributed by atoms with Crippen LogP contribution in [0.25, 0.3) is 10.8 Å². The molecule has 264 valence electrons. The second kappa shape index (κ2) is 15.7. The molecule has 1 saturated heterocycles. The van der Waals surface area contributed by atoms with E-state index in [4.69, 9.17) is 9.47 Å². The van der Waals surface area contributed by atoms with Gasteiger partial charge in [-0.05, 0) is 67.1 Å². The molecule has 4 aromatic rings. The fraction of sp³-hybridized carbons (Fsp3) is 0.368. The van der Waals surface area contributed by atoms with E-state index in [1.165, 1.54) is 24.8 Å². The number of carbonyl (C=O) groups is 2. The summed E-state index contributed by atoms with van der Waals surface area (Å²) < 4.78 is 52.3. The number of halogens is 3. The van der Waals surface area contributed by atoms with Gasteiger partial charge in [-0.25, -0.2) is 4.79 Å². The van der Waals surface area contributed by atoms with Crippen LogP contribution in [0.5, 0.6) is 5.75 Å². The highest BCUT2D eigenvalue weighted by molar-refractivity contribution is 7.99. The molecule has 2 aliphatic heterocycles. The van der Waals surface area contributed by atoms with E-state index >= 15 is 0 Å². The third-order valence-electron chi connectivity index (χ3n) is 9.07. The van der Waals surface area contributed by atoms with Crippen molar-refractivity contribution < 1.29 is 32.2 Å². The van der Waals surface area contributed by atoms with E-state index in [0.717, 1.165) is 77.0 Å². The van der Waals surface area contributed by atoms with Crippen molar-refractivity contribution in [3.63, 3.8) is 0 Å². The summed E-state index contributed by atoms with van der Waals surface area (Å²) in [5.41, 5.74) is 1.70. The molecule has 8 nitrogen and oxygen atoms in total. The molecule has 1 unspecified atom stereocenters. The van der Waals surface area contributed by atoms with Crippen LogP contribution >= 0.6 is 11.8 Å². The number of ether oxygens (including phenoxy) is 2. The predicted octanol–water partition coefficient (Wildman–Crippen LogP) is 7.12. The first-order valence-electron chi connectivity index (χ1n) is 16.9. The SMILES string of the molecule is CC(=O)NCc1c(OC(C)C(=O)OCCN2CCN(CCCN3c4ccccc4Sc4ccc(C(F)(F)F)cc43)CC2)ccc2ccccc12. The Morgan fingerprint density at radius 2 is 1.56 bits per heavy atom. The third kappa shape index (κ3) is 8.54. The van der Waals surface area contributed by atoms with E-state index in [2.05, 4.69) is 15.1 Å². The molecule has 1 amide bonds. The van der Waals surface area contributed by atoms with Crippen LogP contribution in [0.1, 0.15) is 31.4 Å². The number of nitrogens with zero attached hydrogens (tertiary/aromatic N) is 3. The average molecular weight is 707 g/mol. The average Bonchev–Trinajstić information content (AvgIpc) is 3.10. The first kappa shape index (κ1) is 35.6. The van der Waals surface area contributed by atoms with Crippen LogP contribution in [-0.4, -0.2) is 80.2 Å². The minimum atomic E-state index is -4.40. The maximum absolute atomic E-state index is 13.6. The number of nitrogens with one attached hydrogen (secondary N) is 1. The highest BCUT2D eigenvalue weighted by atomic mass is 32.2. The Morgan fingerprint density at radius 3 is 2.32 bits per heavy atom. The van der Waals surface area contributed by atoms with E-state index in [0.29, 0.717) is 24.5 Å². The largest absolute Gasteiger partial charge is 0.479 e. The molecule has 0 radical (unpaired) electrons. The zero-order chi connectivity index (χ0) is 35.3. The number of benzene rings is 4. The molecule has 1 N–H and O–H groups in total. The highest BCUT2D eigenvalue weighted by Gasteiger charge is 2.33. The predicted molar refractivity (Wildman–Crippen MR) is 189 cm³/mol. The summed E-state index contributed by atoms with van der Waals surface area (Å²) in [6, 6.07) is 23.4. The highest BCUT2D eigenvalue weighted by Crippen LogP contribution is 2.49. The second-order valence-corrected chi connectivity index (χ2v) is 13.6. The van der Waals surface area contributed by atoms with Crippen LogP contribution in [0.4, 0.5) is 24.5 Å². The summed E-state index contributed by atoms with van der Waals surface area (Å²) in [6.07, 6.45) is -4.43. The number of rotatable bonds is 12. The smallest absolute Gasteiger partial charge is 0.416 e. The summed E-state index contributed by atoms with van der Waals surface area (Å²) in [6.45, 7) is 9.05. The molecule has 0 aliphatic carbocycles. The zero-order valence-corrected chi connectivity index (χ0v) is 29.0. The van der Waals surface area contributed by atoms with Crippen LogP contribution in [-0.2, 0) is 27.0 Å². The van der Waals surface area contributed by atoms with Gasteiger partial charge in [0.1, 0.15) is 12.4 Å². The van der Waals surface area contributed by atoms with E-state index in [1.54, 1.807) is 13.0 Å². The fourth-order valence-corrected chi connectivity index (χ4v) is 7.46. The number of amides is 1. The van der Waals surface area contributed by atoms with Gasteiger partial charge in [0.05, 0.1) is 16.9 Å². The lowest BCUT2D eigenvalue weighted by atomic mass is 10.0. The summed E-state index contributed by atoms with van der Waals surface area (Å²) in [5, 5.41) is 4.78. The molecule has 0 aromatic heterocycles. The van der Waals surface area contributed by atoms with Gasteiger partial charge < -0.3 is 24.6 Å². The fourth-order valence-electron chi connectivity index (χ4n) is 6.39. The normalized spacial score (nSPS) is 15.7. The molecule has 0 bridgehead atoms. The molecule has 4 aromatic carbocycles. The van der Waals surface area contributed by atoms with Gasteiger partial charge in [0.25, 0.3) is 0 Å². The first-order valence-corrected chi connectivity index (χ1v) is 17.7. The van der Waals surface area contributed by atoms with Gasteiger partial charge in [-0.15, -0.1) is 0 Å². The Bertz CT molecular complexity index is 1830. The lowest BCUT2D eigenvalue weighted by molar-refractivity contribution is -0.151. The van der Waals surface area contributed by atoms with Gasteiger partial charge in [0, 0.05) is 68.1 Å². The minimum absolute atomic E-state index is 0.155. The van der Waals surface area contributed by atoms with Crippen molar-refractivity contribution in [1.82, 2.24) is 15.1 Å². The number of hydrogen-bond donors (Lipinski definition) is 1. The van der Waals surface area contributed by atoms with Gasteiger partial charge in [-0.3, -0.25) is 9.69 Å². The molecule has 12 heteroatoms. The lowest BCUT2D eigenvalue weighted by Gasteiger charge is -2.36. The topological polar surface area (TPSA) is 74.3 Å². The van der Waals surface area contributed by atoms with Crippen molar-refractivity contribution in [3.8, 4) is 5.75 Å². The van der Waals surface area contributed by atoms with Gasteiger partial charge in [0.2, 0.25) is 5.91 Å². The van der Waals surface area contributed by atoms with Crippen molar-refractivity contribution in [1.29, 1.82) is 0 Å². The van der Waals surface area contributed by atoms with Crippen LogP contribution in [0.15, 0.2) is 88.7 Å². The summed E-state index contributed by atoms with van der Waals surface area (Å²) in [5.74, 6) is -0.0854. The molecule has 2 heterocycles. The molecule has 1 fully saturated rings. The molecular weight excluding hydrogens is 666 g/mol. The number of esters is 1. The van der Waals surface area contributed by atoms with Crippen molar-refractivity contribution >= 4 is 45.8 Å². The molecule has 0 saturated carbocycles. The summed E-state index contributed by atoms with van der Waals surface area (Å²) in [7, 11) is 0. The number of hydrogen-bond acceptors (Lipinski definition) is 8. The van der Waals surface area contributed by atoms with Crippen molar-refractivity contribution in [3.05, 3.63) is 90.0 Å². The molecular formula is C38H41F3N4O4S. The minimum Gasteiger partial charge on any atom is -0.479 e. The van der Waals surface area contributed by atoms with Crippen LogP contribution in [0, 0.1) is 0 Å². The molecule has 50 heavy (non-hydrogen) atoms. The van der Waals surface area contributed by atoms with Crippen LogP contribution in [0.2, 0.25) is 0 Å². The number of carbonyl (C=O) groups excluding carboxylic acids is 2. The van der Waals surface area contributed by atoms with Gasteiger partial charge in [0.15, 0.2) is 6.10 Å². The van der Waals surface area contributed by atoms with Crippen LogP contribution in [0.3, 0.4) is 0 Å². The Hall–Kier alpha value is -4.26. The molecule has 1 atom stereocenters. The number of para-hydroxylation sites is 1. The summed E-state index contributed by atoms with van der Waals surface area (Å²) in [4.78, 5) is 33.0. The zero-order valence-electron chi connectivity index (χ0n) is 28.2. The number of anilines is 2. The molecule has 2 aliphatic rings. The lowest BCUT2D eigenvalue weighted by Crippen LogP contribution is -2.48. The number of alkyl halides is 3. The van der Waals surface area contributed by atoms with Gasteiger partial charge in [-0.1, -0.05) is 54.2 Å². The van der Waals surface area contributed by atoms with Crippen molar-refractivity contribution in [2.45, 2.75) is 48.9 Å². The number of piperazine rings is 1. The quantitative estimate of drug-likeness (QED) is 0.156.